The summed E-state index contributed by atoms with van der Waals surface area (Å²) in [6.07, 6.45) is 0. The van der Waals surface area contributed by atoms with Gasteiger partial charge in [0.1, 0.15) is 22.8 Å². The van der Waals surface area contributed by atoms with Gasteiger partial charge in [0, 0.05) is 11.3 Å². The first kappa shape index (κ1) is 15.2. The van der Waals surface area contributed by atoms with E-state index in [2.05, 4.69) is 10.5 Å². The second kappa shape index (κ2) is 6.22. The number of benzene rings is 2. The van der Waals surface area contributed by atoms with Crippen molar-refractivity contribution in [1.82, 2.24) is 5.16 Å². The molecule has 0 unspecified atom stereocenters. The average molecular weight is 331 g/mol. The van der Waals surface area contributed by atoms with E-state index in [1.807, 2.05) is 30.3 Å². The predicted octanol–water partition coefficient (Wildman–Crippen LogP) is 4.69. The Hall–Kier alpha value is -2.66. The molecule has 3 aromatic rings. The van der Waals surface area contributed by atoms with Gasteiger partial charge in [-0.2, -0.15) is 0 Å². The third-order valence-corrected chi connectivity index (χ3v) is 3.62. The van der Waals surface area contributed by atoms with Crippen LogP contribution in [-0.2, 0) is 0 Å². The number of anilines is 1. The zero-order valence-corrected chi connectivity index (χ0v) is 12.9. The summed E-state index contributed by atoms with van der Waals surface area (Å²) in [5.41, 5.74) is 1.81. The molecule has 1 aromatic heterocycles. The van der Waals surface area contributed by atoms with E-state index < -0.39 is 11.7 Å². The maximum absolute atomic E-state index is 13.5. The molecule has 0 fully saturated rings. The zero-order valence-electron chi connectivity index (χ0n) is 12.1. The molecule has 116 valence electrons. The maximum atomic E-state index is 13.5. The average Bonchev–Trinajstić information content (AvgIpc) is 2.93. The van der Waals surface area contributed by atoms with Crippen molar-refractivity contribution in [2.24, 2.45) is 0 Å². The molecule has 3 rings (SSSR count). The van der Waals surface area contributed by atoms with Crippen LogP contribution in [0.5, 0.6) is 0 Å². The summed E-state index contributed by atoms with van der Waals surface area (Å²) in [6.45, 7) is 1.65. The van der Waals surface area contributed by atoms with Gasteiger partial charge < -0.3 is 9.84 Å². The lowest BCUT2D eigenvalue weighted by atomic mass is 10.1. The van der Waals surface area contributed by atoms with Gasteiger partial charge in [0.05, 0.1) is 5.02 Å². The second-order valence-electron chi connectivity index (χ2n) is 4.91. The first-order valence-electron chi connectivity index (χ1n) is 6.84. The van der Waals surface area contributed by atoms with E-state index in [1.165, 1.54) is 12.1 Å². The smallest absolute Gasteiger partial charge is 0.261 e. The molecular formula is C17H12ClFN2O2. The van der Waals surface area contributed by atoms with E-state index >= 15 is 0 Å². The van der Waals surface area contributed by atoms with E-state index in [0.717, 1.165) is 11.6 Å². The molecule has 0 saturated heterocycles. The third-order valence-electron chi connectivity index (χ3n) is 3.31. The van der Waals surface area contributed by atoms with Crippen molar-refractivity contribution in [2.45, 2.75) is 6.92 Å². The molecule has 1 amide bonds. The lowest BCUT2D eigenvalue weighted by Gasteiger charge is -2.06. The highest BCUT2D eigenvalue weighted by Gasteiger charge is 2.21. The first-order valence-corrected chi connectivity index (χ1v) is 7.22. The van der Waals surface area contributed by atoms with E-state index in [0.29, 0.717) is 22.7 Å². The Bertz CT molecular complexity index is 862. The van der Waals surface area contributed by atoms with Crippen LogP contribution in [0.1, 0.15) is 16.1 Å². The molecule has 0 radical (unpaired) electrons. The number of halogens is 2. The number of carbonyl (C=O) groups excluding carboxylic acids is 1. The van der Waals surface area contributed by atoms with E-state index in [1.54, 1.807) is 6.92 Å². The Labute approximate surface area is 136 Å². The maximum Gasteiger partial charge on any atom is 0.261 e. The van der Waals surface area contributed by atoms with E-state index in [-0.39, 0.29) is 5.02 Å². The van der Waals surface area contributed by atoms with Crippen LogP contribution in [-0.4, -0.2) is 11.1 Å². The fourth-order valence-electron chi connectivity index (χ4n) is 2.20. The molecule has 6 heteroatoms. The van der Waals surface area contributed by atoms with Gasteiger partial charge in [-0.1, -0.05) is 47.1 Å². The van der Waals surface area contributed by atoms with Gasteiger partial charge in [-0.25, -0.2) is 4.39 Å². The quantitative estimate of drug-likeness (QED) is 0.757. The van der Waals surface area contributed by atoms with Crippen molar-refractivity contribution >= 4 is 23.2 Å². The number of amides is 1. The molecule has 0 bridgehead atoms. The summed E-state index contributed by atoms with van der Waals surface area (Å²) >= 11 is 5.63. The SMILES string of the molecule is Cc1onc(-c2ccccc2)c1C(=O)Nc1ccc(Cl)c(F)c1. The number of aryl methyl sites for hydroxylation is 1. The highest BCUT2D eigenvalue weighted by molar-refractivity contribution is 6.30. The lowest BCUT2D eigenvalue weighted by molar-refractivity contribution is 0.102. The van der Waals surface area contributed by atoms with Crippen LogP contribution < -0.4 is 5.32 Å². The number of aromatic nitrogens is 1. The van der Waals surface area contributed by atoms with Crippen LogP contribution in [0.4, 0.5) is 10.1 Å². The second-order valence-corrected chi connectivity index (χ2v) is 5.32. The number of nitrogens with zero attached hydrogens (tertiary/aromatic N) is 1. The number of hydrogen-bond acceptors (Lipinski definition) is 3. The van der Waals surface area contributed by atoms with Gasteiger partial charge >= 0.3 is 0 Å². The van der Waals surface area contributed by atoms with Crippen molar-refractivity contribution < 1.29 is 13.7 Å². The summed E-state index contributed by atoms with van der Waals surface area (Å²) in [5.74, 6) is -0.644. The number of carbonyl (C=O) groups is 1. The van der Waals surface area contributed by atoms with Gasteiger partial charge in [0.25, 0.3) is 5.91 Å². The monoisotopic (exact) mass is 330 g/mol. The fourth-order valence-corrected chi connectivity index (χ4v) is 2.32. The van der Waals surface area contributed by atoms with Crippen LogP contribution >= 0.6 is 11.6 Å². The molecule has 1 N–H and O–H groups in total. The van der Waals surface area contributed by atoms with Crippen molar-refractivity contribution in [2.75, 3.05) is 5.32 Å². The molecule has 0 aliphatic rings. The molecule has 0 aliphatic carbocycles. The largest absolute Gasteiger partial charge is 0.360 e. The van der Waals surface area contributed by atoms with E-state index in [9.17, 15) is 9.18 Å². The first-order chi connectivity index (χ1) is 11.1. The van der Waals surface area contributed by atoms with Crippen LogP contribution in [0, 0.1) is 12.7 Å². The van der Waals surface area contributed by atoms with Gasteiger partial charge in [-0.05, 0) is 25.1 Å². The molecular weight excluding hydrogens is 319 g/mol. The van der Waals surface area contributed by atoms with Gasteiger partial charge in [0.15, 0.2) is 0 Å². The highest BCUT2D eigenvalue weighted by Crippen LogP contribution is 2.26. The minimum Gasteiger partial charge on any atom is -0.360 e. The molecule has 0 spiro atoms. The number of nitrogens with one attached hydrogen (secondary N) is 1. The summed E-state index contributed by atoms with van der Waals surface area (Å²) in [6, 6.07) is 13.3. The van der Waals surface area contributed by atoms with Gasteiger partial charge in [0.2, 0.25) is 0 Å². The van der Waals surface area contributed by atoms with Crippen LogP contribution in [0.2, 0.25) is 5.02 Å². The number of rotatable bonds is 3. The molecule has 0 saturated carbocycles. The Morgan fingerprint density at radius 2 is 1.96 bits per heavy atom. The lowest BCUT2D eigenvalue weighted by Crippen LogP contribution is -2.13. The zero-order chi connectivity index (χ0) is 16.4. The van der Waals surface area contributed by atoms with Crippen LogP contribution in [0.3, 0.4) is 0 Å². The van der Waals surface area contributed by atoms with Gasteiger partial charge in [-0.15, -0.1) is 0 Å². The summed E-state index contributed by atoms with van der Waals surface area (Å²) in [7, 11) is 0. The standard InChI is InChI=1S/C17H12ClFN2O2/c1-10-15(16(21-23-10)11-5-3-2-4-6-11)17(22)20-12-7-8-13(18)14(19)9-12/h2-9H,1H3,(H,20,22). The molecule has 23 heavy (non-hydrogen) atoms. The Morgan fingerprint density at radius 1 is 1.22 bits per heavy atom. The predicted molar refractivity (Wildman–Crippen MR) is 86.0 cm³/mol. The van der Waals surface area contributed by atoms with Gasteiger partial charge in [-0.3, -0.25) is 4.79 Å². The van der Waals surface area contributed by atoms with Crippen molar-refractivity contribution in [3.8, 4) is 11.3 Å². The minimum atomic E-state index is -0.602. The molecule has 4 nitrogen and oxygen atoms in total. The Kier molecular flexibility index (Phi) is 4.12. The summed E-state index contributed by atoms with van der Waals surface area (Å²) in [5, 5.41) is 6.57. The fraction of sp³-hybridized carbons (Fsp3) is 0.0588. The van der Waals surface area contributed by atoms with Crippen molar-refractivity contribution in [3.05, 3.63) is 70.7 Å². The third kappa shape index (κ3) is 3.10. The van der Waals surface area contributed by atoms with Crippen LogP contribution in [0.25, 0.3) is 11.3 Å². The van der Waals surface area contributed by atoms with E-state index in [4.69, 9.17) is 16.1 Å². The topological polar surface area (TPSA) is 55.1 Å². The summed E-state index contributed by atoms with van der Waals surface area (Å²) in [4.78, 5) is 12.5. The molecule has 0 atom stereocenters. The molecule has 1 heterocycles. The molecule has 0 aliphatic heterocycles. The van der Waals surface area contributed by atoms with Crippen molar-refractivity contribution in [3.63, 3.8) is 0 Å². The normalized spacial score (nSPS) is 10.6. The molecule has 2 aromatic carbocycles. The van der Waals surface area contributed by atoms with Crippen molar-refractivity contribution in [1.29, 1.82) is 0 Å². The Balaban J connectivity index is 1.94. The Morgan fingerprint density at radius 3 is 2.65 bits per heavy atom. The number of hydrogen-bond donors (Lipinski definition) is 1. The highest BCUT2D eigenvalue weighted by atomic mass is 35.5. The van der Waals surface area contributed by atoms with Crippen LogP contribution in [0.15, 0.2) is 53.1 Å². The summed E-state index contributed by atoms with van der Waals surface area (Å²) < 4.78 is 18.6. The minimum absolute atomic E-state index is 0.00543.